The van der Waals surface area contributed by atoms with Crippen LogP contribution < -0.4 is 37.1 Å². The first-order chi connectivity index (χ1) is 37.4. The van der Waals surface area contributed by atoms with Crippen molar-refractivity contribution in [1.29, 1.82) is 0 Å². The van der Waals surface area contributed by atoms with Crippen molar-refractivity contribution in [2.24, 2.45) is 17.6 Å². The number of benzene rings is 3. The molecule has 1 saturated carbocycles. The van der Waals surface area contributed by atoms with Crippen molar-refractivity contribution in [1.82, 2.24) is 26.6 Å². The van der Waals surface area contributed by atoms with Crippen LogP contribution in [0, 0.1) is 11.8 Å². The molecule has 6 amide bonds. The first kappa shape index (κ1) is 59.6. The number of esters is 1. The van der Waals surface area contributed by atoms with E-state index < -0.39 is 79.5 Å². The van der Waals surface area contributed by atoms with Crippen LogP contribution in [0.4, 0.5) is 4.79 Å². The fourth-order valence-corrected chi connectivity index (χ4v) is 13.7. The Hall–Kier alpha value is -6.08. The number of rotatable bonds is 22. The number of urea groups is 1. The molecule has 0 unspecified atom stereocenters. The number of hydrogen-bond acceptors (Lipinski definition) is 11. The second kappa shape index (κ2) is 28.2. The van der Waals surface area contributed by atoms with Gasteiger partial charge in [0.2, 0.25) is 23.6 Å². The third kappa shape index (κ3) is 17.2. The highest BCUT2D eigenvalue weighted by molar-refractivity contribution is 8.00. The number of amides is 6. The molecule has 3 aliphatic heterocycles. The normalized spacial score (nSPS) is 24.2. The van der Waals surface area contributed by atoms with Gasteiger partial charge in [0.15, 0.2) is 5.78 Å². The number of carboxylic acids is 1. The summed E-state index contributed by atoms with van der Waals surface area (Å²) in [5.41, 5.74) is 5.87. The van der Waals surface area contributed by atoms with Crippen molar-refractivity contribution in [3.05, 3.63) is 89.5 Å². The van der Waals surface area contributed by atoms with Crippen LogP contribution in [0.3, 0.4) is 0 Å². The minimum Gasteiger partial charge on any atom is -0.481 e. The summed E-state index contributed by atoms with van der Waals surface area (Å²) >= 11 is 1.87. The predicted octanol–water partition coefficient (Wildman–Crippen LogP) is 6.74. The SMILES string of the molecule is NC(=O)C[C@@H]1NC(=O)C2(CCCCC2)NC(=O)[C@@H](CC(=O)O)[C@@H](c2ccc(CP(=O)(O)O)cc2)/C=C/C[C@@H](Cc2cccc3c(OC(=O)CCCCCCNC(=O)CCCC[C@@H]4SC[C@@H]5NC(=O)N[C@@H]54)cccc23)CCC1=O. The fraction of sp³-hybridized carbons (Fsp3) is 0.544. The maximum atomic E-state index is 14.6. The highest BCUT2D eigenvalue weighted by Gasteiger charge is 2.45. The number of fused-ring (bicyclic) bond motifs is 2. The molecule has 3 aromatic carbocycles. The number of primary amides is 1. The summed E-state index contributed by atoms with van der Waals surface area (Å²) in [6.07, 6.45) is 11.7. The summed E-state index contributed by atoms with van der Waals surface area (Å²) in [6.45, 7) is 0.566. The Labute approximate surface area is 459 Å². The molecular formula is C57H75N6O13PS. The van der Waals surface area contributed by atoms with Crippen LogP contribution >= 0.6 is 19.4 Å². The van der Waals surface area contributed by atoms with Gasteiger partial charge in [0.1, 0.15) is 11.3 Å². The lowest BCUT2D eigenvalue weighted by molar-refractivity contribution is -0.143. The van der Waals surface area contributed by atoms with Crippen LogP contribution in [0.15, 0.2) is 72.8 Å². The smallest absolute Gasteiger partial charge is 0.329 e. The van der Waals surface area contributed by atoms with Crippen molar-refractivity contribution in [2.45, 2.75) is 169 Å². The van der Waals surface area contributed by atoms with E-state index in [1.807, 2.05) is 42.1 Å². The van der Waals surface area contributed by atoms with Crippen molar-refractivity contribution in [3.8, 4) is 5.75 Å². The molecule has 3 aromatic rings. The summed E-state index contributed by atoms with van der Waals surface area (Å²) in [7, 11) is -4.42. The molecule has 1 spiro atoms. The molecule has 7 atom stereocenters. The Balaban J connectivity index is 1.01. The Morgan fingerprint density at radius 3 is 2.31 bits per heavy atom. The maximum absolute atomic E-state index is 14.6. The van der Waals surface area contributed by atoms with Gasteiger partial charge in [-0.2, -0.15) is 11.8 Å². The number of carbonyl (C=O) groups excluding carboxylic acids is 7. The van der Waals surface area contributed by atoms with Gasteiger partial charge < -0.3 is 51.9 Å². The number of carboxylic acid groups (broad SMARTS) is 1. The molecule has 3 heterocycles. The average Bonchev–Trinajstić information content (AvgIpc) is 3.98. The number of Topliss-reactive ketones (excluding diaryl/α,β-unsaturated/α-hetero) is 1. The Bertz CT molecular complexity index is 2730. The number of thioether (sulfide) groups is 1. The number of carbonyl (C=O) groups is 8. The summed E-state index contributed by atoms with van der Waals surface area (Å²) in [4.78, 5) is 125. The zero-order valence-electron chi connectivity index (χ0n) is 44.1. The van der Waals surface area contributed by atoms with E-state index in [0.717, 1.165) is 61.6 Å². The number of allylic oxidation sites excluding steroid dienone is 2. The minimum absolute atomic E-state index is 0.0280. The zero-order chi connectivity index (χ0) is 55.8. The number of nitrogens with one attached hydrogen (secondary N) is 5. The first-order valence-electron chi connectivity index (χ1n) is 27.5. The molecule has 0 radical (unpaired) electrons. The zero-order valence-corrected chi connectivity index (χ0v) is 45.8. The number of aliphatic carboxylic acids is 1. The largest absolute Gasteiger partial charge is 0.481 e. The van der Waals surface area contributed by atoms with E-state index in [4.69, 9.17) is 10.5 Å². The monoisotopic (exact) mass is 1110 g/mol. The maximum Gasteiger partial charge on any atom is 0.329 e. The van der Waals surface area contributed by atoms with Crippen molar-refractivity contribution in [3.63, 3.8) is 0 Å². The van der Waals surface area contributed by atoms with E-state index in [-0.39, 0.29) is 61.6 Å². The predicted molar refractivity (Wildman–Crippen MR) is 295 cm³/mol. The molecule has 7 rings (SSSR count). The molecule has 4 aliphatic rings. The number of unbranched alkanes of at least 4 members (excludes halogenated alkanes) is 4. The van der Waals surface area contributed by atoms with Crippen LogP contribution in [-0.2, 0) is 50.7 Å². The number of nitrogens with two attached hydrogens (primary N) is 1. The molecule has 2 saturated heterocycles. The van der Waals surface area contributed by atoms with Gasteiger partial charge in [-0.25, -0.2) is 4.79 Å². The van der Waals surface area contributed by atoms with Crippen LogP contribution in [0.1, 0.15) is 145 Å². The van der Waals surface area contributed by atoms with Gasteiger partial charge in [-0.1, -0.05) is 105 Å². The Morgan fingerprint density at radius 1 is 0.833 bits per heavy atom. The van der Waals surface area contributed by atoms with Crippen molar-refractivity contribution in [2.75, 3.05) is 12.3 Å². The van der Waals surface area contributed by atoms with E-state index in [2.05, 4.69) is 26.6 Å². The minimum atomic E-state index is -4.42. The Kier molecular flexibility index (Phi) is 21.5. The van der Waals surface area contributed by atoms with Gasteiger partial charge in [-0.05, 0) is 91.8 Å². The van der Waals surface area contributed by atoms with E-state index in [9.17, 15) is 57.8 Å². The first-order valence-corrected chi connectivity index (χ1v) is 30.3. The van der Waals surface area contributed by atoms with E-state index in [1.165, 1.54) is 12.1 Å². The van der Waals surface area contributed by atoms with Gasteiger partial charge in [-0.3, -0.25) is 38.1 Å². The molecule has 21 heteroatoms. The molecule has 10 N–H and O–H groups in total. The molecule has 19 nitrogen and oxygen atoms in total. The van der Waals surface area contributed by atoms with Crippen LogP contribution in [0.2, 0.25) is 0 Å². The second-order valence-corrected chi connectivity index (χ2v) is 24.4. The second-order valence-electron chi connectivity index (χ2n) is 21.5. The lowest BCUT2D eigenvalue weighted by Gasteiger charge is -2.39. The van der Waals surface area contributed by atoms with Gasteiger partial charge in [0, 0.05) is 48.1 Å². The standard InChI is InChI=1S/C57H75N6O13PS/c58-49(65)33-44-46(64)27-24-36(13-10-15-40(38-25-22-37(23-26-38)34-77(73,74)75)43(32-51(67)68)54(70)63-57(55(71)60-44)28-7-3-8-29-57)31-39-14-11-17-42-41(39)16-12-18-47(42)76-52(69)21-4-1-2-9-30-59-50(66)20-6-5-19-48-53-45(35-78-48)61-56(72)62-53/h10-12,14-18,22-23,25-26,36,40,43-45,48,53H,1-9,13,19-21,24,27-35H2,(H2,58,65)(H,59,66)(H,60,71)(H,63,70)(H,67,68)(H2,61,62,72)(H2,73,74,75)/b15-10+/t36-,40-,43+,44+,45+,48+,53+/m1/s1. The third-order valence-corrected chi connectivity index (χ3v) is 17.8. The summed E-state index contributed by atoms with van der Waals surface area (Å²) in [5.74, 6) is -5.25. The average molecular weight is 1120 g/mol. The lowest BCUT2D eigenvalue weighted by atomic mass is 9.78. The van der Waals surface area contributed by atoms with Crippen molar-refractivity contribution < 1.29 is 62.6 Å². The number of ether oxygens (including phenoxy) is 1. The van der Waals surface area contributed by atoms with Gasteiger partial charge in [0.25, 0.3) is 0 Å². The molecule has 0 bridgehead atoms. The van der Waals surface area contributed by atoms with Gasteiger partial charge in [-0.15, -0.1) is 0 Å². The van der Waals surface area contributed by atoms with E-state index in [1.54, 1.807) is 30.3 Å². The summed E-state index contributed by atoms with van der Waals surface area (Å²) in [5, 5.41) is 26.8. The van der Waals surface area contributed by atoms with E-state index >= 15 is 0 Å². The van der Waals surface area contributed by atoms with E-state index in [0.29, 0.717) is 79.0 Å². The van der Waals surface area contributed by atoms with Crippen LogP contribution in [0.25, 0.3) is 10.8 Å². The number of ketones is 1. The molecule has 422 valence electrons. The van der Waals surface area contributed by atoms with Crippen LogP contribution in [0.5, 0.6) is 5.75 Å². The topological polar surface area (TPSA) is 310 Å². The number of hydrogen-bond donors (Lipinski definition) is 9. The van der Waals surface area contributed by atoms with Gasteiger partial charge >= 0.3 is 25.6 Å². The summed E-state index contributed by atoms with van der Waals surface area (Å²) in [6, 6.07) is 16.4. The third-order valence-electron chi connectivity index (χ3n) is 15.5. The lowest BCUT2D eigenvalue weighted by Crippen LogP contribution is -2.63. The van der Waals surface area contributed by atoms with Crippen molar-refractivity contribution >= 4 is 77.5 Å². The molecule has 78 heavy (non-hydrogen) atoms. The Morgan fingerprint density at radius 2 is 1.56 bits per heavy atom. The molecule has 3 fully saturated rings. The highest BCUT2D eigenvalue weighted by atomic mass is 32.2. The summed E-state index contributed by atoms with van der Waals surface area (Å²) < 4.78 is 17.8. The highest BCUT2D eigenvalue weighted by Crippen LogP contribution is 2.41. The quantitative estimate of drug-likeness (QED) is 0.0126. The molecular weight excluding hydrogens is 1040 g/mol. The molecule has 0 aromatic heterocycles. The van der Waals surface area contributed by atoms with Crippen LogP contribution in [-0.4, -0.2) is 103 Å². The molecule has 1 aliphatic carbocycles. The fourth-order valence-electron chi connectivity index (χ4n) is 11.4. The van der Waals surface area contributed by atoms with Gasteiger partial charge in [0.05, 0.1) is 43.0 Å².